The Hall–Kier alpha value is -1.04. The van der Waals surface area contributed by atoms with Crippen molar-refractivity contribution < 1.29 is 17.9 Å². The molecule has 3 rings (SSSR count). The van der Waals surface area contributed by atoms with Gasteiger partial charge in [-0.25, -0.2) is 13.4 Å². The van der Waals surface area contributed by atoms with Crippen molar-refractivity contribution in [2.24, 2.45) is 0 Å². The zero-order valence-electron chi connectivity index (χ0n) is 13.8. The minimum Gasteiger partial charge on any atom is -0.379 e. The molecule has 0 bridgehead atoms. The van der Waals surface area contributed by atoms with Crippen LogP contribution >= 0.6 is 34.3 Å². The smallest absolute Gasteiger partial charge is 0.226 e. The van der Waals surface area contributed by atoms with Gasteiger partial charge in [-0.1, -0.05) is 11.6 Å². The van der Waals surface area contributed by atoms with E-state index in [0.717, 1.165) is 9.88 Å². The normalized spacial score (nSPS) is 15.9. The van der Waals surface area contributed by atoms with Gasteiger partial charge in [-0.2, -0.15) is 4.31 Å². The number of halogens is 1. The average molecular weight is 436 g/mol. The maximum absolute atomic E-state index is 12.2. The number of carbonyl (C=O) groups is 1. The molecule has 0 atom stereocenters. The van der Waals surface area contributed by atoms with Crippen molar-refractivity contribution in [1.29, 1.82) is 0 Å². The Morgan fingerprint density at radius 1 is 1.35 bits per heavy atom. The Morgan fingerprint density at radius 2 is 2.12 bits per heavy atom. The lowest BCUT2D eigenvalue weighted by Crippen LogP contribution is -2.43. The van der Waals surface area contributed by atoms with Crippen molar-refractivity contribution in [2.75, 3.05) is 38.6 Å². The van der Waals surface area contributed by atoms with E-state index in [2.05, 4.69) is 10.3 Å². The van der Waals surface area contributed by atoms with Gasteiger partial charge < -0.3 is 10.1 Å². The van der Waals surface area contributed by atoms with Crippen LogP contribution in [0, 0.1) is 0 Å². The van der Waals surface area contributed by atoms with Crippen LogP contribution < -0.4 is 5.32 Å². The van der Waals surface area contributed by atoms with Crippen LogP contribution in [0.5, 0.6) is 0 Å². The summed E-state index contributed by atoms with van der Waals surface area (Å²) in [5.41, 5.74) is 0.656. The van der Waals surface area contributed by atoms with Gasteiger partial charge in [0.15, 0.2) is 0 Å². The summed E-state index contributed by atoms with van der Waals surface area (Å²) in [5.74, 6) is -0.363. The minimum absolute atomic E-state index is 0.0794. The second-order valence-corrected chi connectivity index (χ2v) is 10.3. The fourth-order valence-electron chi connectivity index (χ4n) is 2.43. The van der Waals surface area contributed by atoms with Crippen LogP contribution in [0.4, 0.5) is 0 Å². The SMILES string of the molecule is O=C(Cc1csc(-c2ccc(Cl)s2)n1)NCCS(=O)(=O)N1CCOCC1. The first kappa shape index (κ1) is 19.7. The number of carbonyl (C=O) groups excluding carboxylic acids is 1. The van der Waals surface area contributed by atoms with Crippen LogP contribution in [-0.4, -0.2) is 62.2 Å². The molecule has 1 amide bonds. The van der Waals surface area contributed by atoms with Gasteiger partial charge in [0.1, 0.15) is 5.01 Å². The number of sulfonamides is 1. The number of thiophene rings is 1. The third-order valence-electron chi connectivity index (χ3n) is 3.72. The summed E-state index contributed by atoms with van der Waals surface area (Å²) < 4.78 is 31.6. The summed E-state index contributed by atoms with van der Waals surface area (Å²) in [5, 5.41) is 5.30. The van der Waals surface area contributed by atoms with E-state index in [4.69, 9.17) is 16.3 Å². The number of nitrogens with one attached hydrogen (secondary N) is 1. The Morgan fingerprint density at radius 3 is 2.81 bits per heavy atom. The van der Waals surface area contributed by atoms with Gasteiger partial charge in [0, 0.05) is 25.0 Å². The Labute approximate surface area is 165 Å². The van der Waals surface area contributed by atoms with E-state index in [1.807, 2.05) is 17.5 Å². The molecule has 0 spiro atoms. The first-order valence-corrected chi connectivity index (χ1v) is 11.6. The largest absolute Gasteiger partial charge is 0.379 e. The summed E-state index contributed by atoms with van der Waals surface area (Å²) in [4.78, 5) is 17.4. The molecule has 26 heavy (non-hydrogen) atoms. The summed E-state index contributed by atoms with van der Waals surface area (Å²) in [6, 6.07) is 3.70. The van der Waals surface area contributed by atoms with Gasteiger partial charge in [0.05, 0.1) is 40.3 Å². The second kappa shape index (κ2) is 8.77. The molecule has 1 aliphatic rings. The van der Waals surface area contributed by atoms with E-state index >= 15 is 0 Å². The number of aromatic nitrogens is 1. The number of amides is 1. The fourth-order valence-corrected chi connectivity index (χ4v) is 5.69. The monoisotopic (exact) mass is 435 g/mol. The Kier molecular flexibility index (Phi) is 6.65. The number of morpholine rings is 1. The lowest BCUT2D eigenvalue weighted by atomic mass is 10.3. The van der Waals surface area contributed by atoms with E-state index in [9.17, 15) is 13.2 Å². The molecule has 3 heterocycles. The molecule has 1 aliphatic heterocycles. The van der Waals surface area contributed by atoms with E-state index in [-0.39, 0.29) is 24.6 Å². The zero-order chi connectivity index (χ0) is 18.6. The molecule has 0 radical (unpaired) electrons. The Balaban J connectivity index is 1.46. The predicted octanol–water partition coefficient (Wildman–Crippen LogP) is 1.85. The molecule has 142 valence electrons. The summed E-state index contributed by atoms with van der Waals surface area (Å²) in [6.45, 7) is 1.63. The molecular weight excluding hydrogens is 418 g/mol. The van der Waals surface area contributed by atoms with Crippen molar-refractivity contribution in [3.05, 3.63) is 27.5 Å². The predicted molar refractivity (Wildman–Crippen MR) is 103 cm³/mol. The lowest BCUT2D eigenvalue weighted by molar-refractivity contribution is -0.120. The van der Waals surface area contributed by atoms with E-state index < -0.39 is 10.0 Å². The van der Waals surface area contributed by atoms with Crippen molar-refractivity contribution in [3.63, 3.8) is 0 Å². The van der Waals surface area contributed by atoms with E-state index in [1.165, 1.54) is 27.0 Å². The first-order chi connectivity index (χ1) is 12.4. The summed E-state index contributed by atoms with van der Waals surface area (Å²) in [6.07, 6.45) is 0.118. The van der Waals surface area contributed by atoms with Gasteiger partial charge in [-0.15, -0.1) is 22.7 Å². The van der Waals surface area contributed by atoms with Crippen LogP contribution in [0.25, 0.3) is 9.88 Å². The van der Waals surface area contributed by atoms with Gasteiger partial charge >= 0.3 is 0 Å². The third kappa shape index (κ3) is 5.24. The molecule has 0 unspecified atom stereocenters. The maximum atomic E-state index is 12.2. The first-order valence-electron chi connectivity index (χ1n) is 7.96. The van der Waals surface area contributed by atoms with Gasteiger partial charge in [-0.3, -0.25) is 4.79 Å². The molecule has 0 saturated carbocycles. The summed E-state index contributed by atoms with van der Waals surface area (Å²) in [7, 11) is -3.37. The van der Waals surface area contributed by atoms with Crippen LogP contribution in [0.1, 0.15) is 5.69 Å². The van der Waals surface area contributed by atoms with Crippen molar-refractivity contribution >= 4 is 50.2 Å². The Bertz CT molecular complexity index is 859. The molecule has 1 N–H and O–H groups in total. The second-order valence-electron chi connectivity index (χ2n) is 5.60. The number of nitrogens with zero attached hydrogens (tertiary/aromatic N) is 2. The number of hydrogen-bond donors (Lipinski definition) is 1. The topological polar surface area (TPSA) is 88.6 Å². The standard InChI is InChI=1S/C15H18ClN3O4S3/c16-13-2-1-12(25-13)15-18-11(10-24-15)9-14(20)17-3-8-26(21,22)19-4-6-23-7-5-19/h1-2,10H,3-9H2,(H,17,20). The molecule has 7 nitrogen and oxygen atoms in total. The molecule has 2 aromatic heterocycles. The van der Waals surface area contributed by atoms with E-state index in [1.54, 1.807) is 0 Å². The lowest BCUT2D eigenvalue weighted by Gasteiger charge is -2.26. The van der Waals surface area contributed by atoms with Gasteiger partial charge in [0.2, 0.25) is 15.9 Å². The number of hydrogen-bond acceptors (Lipinski definition) is 7. The minimum atomic E-state index is -3.37. The molecule has 0 aromatic carbocycles. The van der Waals surface area contributed by atoms with Crippen LogP contribution in [-0.2, 0) is 26.0 Å². The highest BCUT2D eigenvalue weighted by Crippen LogP contribution is 2.32. The van der Waals surface area contributed by atoms with E-state index in [0.29, 0.717) is 36.3 Å². The highest BCUT2D eigenvalue weighted by Gasteiger charge is 2.24. The fraction of sp³-hybridized carbons (Fsp3) is 0.467. The number of rotatable bonds is 7. The van der Waals surface area contributed by atoms with Crippen molar-refractivity contribution in [3.8, 4) is 9.88 Å². The molecular formula is C15H18ClN3O4S3. The zero-order valence-corrected chi connectivity index (χ0v) is 17.0. The quantitative estimate of drug-likeness (QED) is 0.716. The molecule has 1 saturated heterocycles. The van der Waals surface area contributed by atoms with Gasteiger partial charge in [0.25, 0.3) is 0 Å². The highest BCUT2D eigenvalue weighted by atomic mass is 35.5. The van der Waals surface area contributed by atoms with Gasteiger partial charge in [-0.05, 0) is 12.1 Å². The van der Waals surface area contributed by atoms with Crippen molar-refractivity contribution in [2.45, 2.75) is 6.42 Å². The highest BCUT2D eigenvalue weighted by molar-refractivity contribution is 7.89. The molecule has 11 heteroatoms. The molecule has 1 fully saturated rings. The summed E-state index contributed by atoms with van der Waals surface area (Å²) >= 11 is 8.81. The third-order valence-corrected chi connectivity index (χ3v) is 7.89. The molecule has 2 aromatic rings. The maximum Gasteiger partial charge on any atom is 0.226 e. The van der Waals surface area contributed by atoms with Crippen LogP contribution in [0.15, 0.2) is 17.5 Å². The van der Waals surface area contributed by atoms with Crippen LogP contribution in [0.3, 0.4) is 0 Å². The number of thiazole rings is 1. The molecule has 0 aliphatic carbocycles. The van der Waals surface area contributed by atoms with Crippen molar-refractivity contribution in [1.82, 2.24) is 14.6 Å². The average Bonchev–Trinajstić information content (AvgIpc) is 3.24. The van der Waals surface area contributed by atoms with Crippen LogP contribution in [0.2, 0.25) is 4.34 Å². The number of ether oxygens (including phenoxy) is 1.